The van der Waals surface area contributed by atoms with E-state index in [1.165, 1.54) is 0 Å². The number of carbonyl (C=O) groups excluding carboxylic acids is 2. The summed E-state index contributed by atoms with van der Waals surface area (Å²) < 4.78 is 1.78. The van der Waals surface area contributed by atoms with Crippen LogP contribution in [0.3, 0.4) is 0 Å². The van der Waals surface area contributed by atoms with Gasteiger partial charge in [-0.25, -0.2) is 4.98 Å². The number of amides is 2. The molecular formula is C16H18N4O2. The summed E-state index contributed by atoms with van der Waals surface area (Å²) in [6.07, 6.45) is 4.47. The average Bonchev–Trinajstić information content (AvgIpc) is 3.04. The monoisotopic (exact) mass is 298 g/mol. The molecule has 0 atom stereocenters. The zero-order valence-corrected chi connectivity index (χ0v) is 12.2. The third-order valence-corrected chi connectivity index (χ3v) is 4.08. The first-order valence-corrected chi connectivity index (χ1v) is 7.33. The number of primary amides is 1. The van der Waals surface area contributed by atoms with Crippen LogP contribution in [0.2, 0.25) is 0 Å². The minimum atomic E-state index is -0.276. The lowest BCUT2D eigenvalue weighted by atomic mass is 9.96. The van der Waals surface area contributed by atoms with Crippen molar-refractivity contribution < 1.29 is 9.59 Å². The number of aromatic nitrogens is 2. The van der Waals surface area contributed by atoms with Gasteiger partial charge in [-0.05, 0) is 25.0 Å². The molecular weight excluding hydrogens is 280 g/mol. The lowest BCUT2D eigenvalue weighted by molar-refractivity contribution is -0.123. The van der Waals surface area contributed by atoms with Crippen molar-refractivity contribution in [2.24, 2.45) is 11.7 Å². The van der Waals surface area contributed by atoms with E-state index in [1.807, 2.05) is 30.3 Å². The molecule has 0 bridgehead atoms. The number of hydrogen-bond acceptors (Lipinski definition) is 3. The quantitative estimate of drug-likeness (QED) is 0.924. The highest BCUT2D eigenvalue weighted by Crippen LogP contribution is 2.20. The molecule has 2 aromatic rings. The molecule has 1 aliphatic heterocycles. The normalized spacial score (nSPS) is 15.7. The van der Waals surface area contributed by atoms with Gasteiger partial charge in [0, 0.05) is 24.7 Å². The van der Waals surface area contributed by atoms with Gasteiger partial charge in [-0.15, -0.1) is 0 Å². The van der Waals surface area contributed by atoms with Crippen LogP contribution < -0.4 is 5.73 Å². The van der Waals surface area contributed by atoms with Crippen molar-refractivity contribution >= 4 is 11.8 Å². The van der Waals surface area contributed by atoms with Crippen molar-refractivity contribution in [3.63, 3.8) is 0 Å². The molecule has 2 amide bonds. The molecule has 6 heteroatoms. The van der Waals surface area contributed by atoms with Crippen LogP contribution in [0.5, 0.6) is 0 Å². The van der Waals surface area contributed by atoms with Crippen LogP contribution in [-0.4, -0.2) is 39.4 Å². The van der Waals surface area contributed by atoms with Gasteiger partial charge in [0.15, 0.2) is 0 Å². The fourth-order valence-corrected chi connectivity index (χ4v) is 2.78. The average molecular weight is 298 g/mol. The highest BCUT2D eigenvalue weighted by molar-refractivity contribution is 5.93. The van der Waals surface area contributed by atoms with E-state index in [0.717, 1.165) is 5.69 Å². The van der Waals surface area contributed by atoms with Gasteiger partial charge in [-0.3, -0.25) is 14.2 Å². The lowest BCUT2D eigenvalue weighted by Crippen LogP contribution is -2.42. The summed E-state index contributed by atoms with van der Waals surface area (Å²) >= 11 is 0. The topological polar surface area (TPSA) is 81.2 Å². The van der Waals surface area contributed by atoms with Crippen molar-refractivity contribution in [3.8, 4) is 5.69 Å². The minimum Gasteiger partial charge on any atom is -0.369 e. The molecule has 0 spiro atoms. The van der Waals surface area contributed by atoms with Gasteiger partial charge < -0.3 is 10.6 Å². The number of imidazole rings is 1. The summed E-state index contributed by atoms with van der Waals surface area (Å²) in [4.78, 5) is 29.7. The van der Waals surface area contributed by atoms with Gasteiger partial charge in [-0.2, -0.15) is 0 Å². The Labute approximate surface area is 128 Å². The van der Waals surface area contributed by atoms with Gasteiger partial charge in [0.05, 0.1) is 12.5 Å². The predicted octanol–water partition coefficient (Wildman–Crippen LogP) is 1.21. The summed E-state index contributed by atoms with van der Waals surface area (Å²) in [5.41, 5.74) is 6.76. The first-order chi connectivity index (χ1) is 10.7. The Balaban J connectivity index is 1.77. The van der Waals surface area contributed by atoms with Crippen LogP contribution in [0.1, 0.15) is 23.3 Å². The molecule has 2 N–H and O–H groups in total. The van der Waals surface area contributed by atoms with E-state index in [0.29, 0.717) is 31.6 Å². The smallest absolute Gasteiger partial charge is 0.272 e. The lowest BCUT2D eigenvalue weighted by Gasteiger charge is -2.30. The maximum Gasteiger partial charge on any atom is 0.272 e. The van der Waals surface area contributed by atoms with Gasteiger partial charge >= 0.3 is 0 Å². The molecule has 0 saturated carbocycles. The number of piperidine rings is 1. The second-order valence-corrected chi connectivity index (χ2v) is 5.45. The summed E-state index contributed by atoms with van der Waals surface area (Å²) in [6, 6.07) is 9.62. The van der Waals surface area contributed by atoms with Crippen molar-refractivity contribution in [3.05, 3.63) is 48.5 Å². The summed E-state index contributed by atoms with van der Waals surface area (Å²) in [7, 11) is 0. The second kappa shape index (κ2) is 6.01. The SMILES string of the molecule is NC(=O)C1CCN(C(=O)c2cncn2-c2ccccc2)CC1. The fraction of sp³-hybridized carbons (Fsp3) is 0.312. The zero-order valence-electron chi connectivity index (χ0n) is 12.2. The number of hydrogen-bond donors (Lipinski definition) is 1. The van der Waals surface area contributed by atoms with Crippen LogP contribution >= 0.6 is 0 Å². The Bertz CT molecular complexity index is 672. The van der Waals surface area contributed by atoms with Crippen molar-refractivity contribution in [1.29, 1.82) is 0 Å². The maximum absolute atomic E-state index is 12.7. The predicted molar refractivity (Wildman–Crippen MR) is 81.4 cm³/mol. The molecule has 22 heavy (non-hydrogen) atoms. The van der Waals surface area contributed by atoms with Crippen LogP contribution in [0.25, 0.3) is 5.69 Å². The highest BCUT2D eigenvalue weighted by Gasteiger charge is 2.27. The standard InChI is InChI=1S/C16H18N4O2/c17-15(21)12-6-8-19(9-7-12)16(22)14-10-18-11-20(14)13-4-2-1-3-5-13/h1-5,10-12H,6-9H2,(H2,17,21). The summed E-state index contributed by atoms with van der Waals surface area (Å²) in [5.74, 6) is -0.464. The number of para-hydroxylation sites is 1. The van der Waals surface area contributed by atoms with E-state index >= 15 is 0 Å². The second-order valence-electron chi connectivity index (χ2n) is 5.45. The largest absolute Gasteiger partial charge is 0.369 e. The van der Waals surface area contributed by atoms with E-state index in [1.54, 1.807) is 22.0 Å². The van der Waals surface area contributed by atoms with Crippen LogP contribution in [0.15, 0.2) is 42.9 Å². The fourth-order valence-electron chi connectivity index (χ4n) is 2.78. The van der Waals surface area contributed by atoms with Gasteiger partial charge in [0.2, 0.25) is 5.91 Å². The number of likely N-dealkylation sites (tertiary alicyclic amines) is 1. The molecule has 0 aliphatic carbocycles. The Morgan fingerprint density at radius 3 is 2.45 bits per heavy atom. The number of rotatable bonds is 3. The molecule has 1 aromatic carbocycles. The summed E-state index contributed by atoms with van der Waals surface area (Å²) in [5, 5.41) is 0. The Morgan fingerprint density at radius 1 is 1.14 bits per heavy atom. The third kappa shape index (κ3) is 2.72. The molecule has 1 fully saturated rings. The number of carbonyl (C=O) groups is 2. The van der Waals surface area contributed by atoms with E-state index < -0.39 is 0 Å². The first-order valence-electron chi connectivity index (χ1n) is 7.33. The maximum atomic E-state index is 12.7. The minimum absolute atomic E-state index is 0.0655. The molecule has 114 valence electrons. The van der Waals surface area contributed by atoms with Crippen molar-refractivity contribution in [2.45, 2.75) is 12.8 Å². The van der Waals surface area contributed by atoms with Gasteiger partial charge in [0.25, 0.3) is 5.91 Å². The van der Waals surface area contributed by atoms with Crippen LogP contribution in [0.4, 0.5) is 0 Å². The van der Waals surface area contributed by atoms with Crippen LogP contribution in [0, 0.1) is 5.92 Å². The molecule has 0 radical (unpaired) electrons. The van der Waals surface area contributed by atoms with E-state index in [2.05, 4.69) is 4.98 Å². The summed E-state index contributed by atoms with van der Waals surface area (Å²) in [6.45, 7) is 1.10. The van der Waals surface area contributed by atoms with Gasteiger partial charge in [0.1, 0.15) is 5.69 Å². The number of benzene rings is 1. The molecule has 1 saturated heterocycles. The highest BCUT2D eigenvalue weighted by atomic mass is 16.2. The molecule has 6 nitrogen and oxygen atoms in total. The molecule has 3 rings (SSSR count). The Morgan fingerprint density at radius 2 is 1.82 bits per heavy atom. The molecule has 1 aliphatic rings. The van der Waals surface area contributed by atoms with E-state index in [-0.39, 0.29) is 17.7 Å². The Kier molecular flexibility index (Phi) is 3.91. The van der Waals surface area contributed by atoms with E-state index in [4.69, 9.17) is 5.73 Å². The van der Waals surface area contributed by atoms with Gasteiger partial charge in [-0.1, -0.05) is 18.2 Å². The molecule has 0 unspecified atom stereocenters. The molecule has 2 heterocycles. The van der Waals surface area contributed by atoms with Crippen LogP contribution in [-0.2, 0) is 4.79 Å². The number of nitrogens with zero attached hydrogens (tertiary/aromatic N) is 3. The Hall–Kier alpha value is -2.63. The first kappa shape index (κ1) is 14.3. The zero-order chi connectivity index (χ0) is 15.5. The van der Waals surface area contributed by atoms with Crippen molar-refractivity contribution in [2.75, 3.05) is 13.1 Å². The van der Waals surface area contributed by atoms with Crippen molar-refractivity contribution in [1.82, 2.24) is 14.5 Å². The third-order valence-electron chi connectivity index (χ3n) is 4.08. The molecule has 1 aromatic heterocycles. The number of nitrogens with two attached hydrogens (primary N) is 1. The van der Waals surface area contributed by atoms with E-state index in [9.17, 15) is 9.59 Å².